The Labute approximate surface area is 194 Å². The van der Waals surface area contributed by atoms with Crippen LogP contribution in [0.25, 0.3) is 21.9 Å². The molecule has 4 aromatic rings. The van der Waals surface area contributed by atoms with E-state index in [1.165, 1.54) is 0 Å². The molecule has 6 nitrogen and oxygen atoms in total. The molecule has 0 spiro atoms. The number of aromatic nitrogens is 3. The standard InChI is InChI=1S/C24H27N5OS2/c1-14-11-19(31-6)20(16-9-10-26-21(14)16)24(5,29-32(30)23(2,3)4)22-27-17-8-7-15(13-25)12-18(17)28-22/h7-12,26,29H,1-6H3,(H,27,28). The number of benzene rings is 2. The molecular weight excluding hydrogens is 438 g/mol. The van der Waals surface area contributed by atoms with E-state index in [0.29, 0.717) is 11.4 Å². The van der Waals surface area contributed by atoms with Gasteiger partial charge in [-0.15, -0.1) is 11.8 Å². The summed E-state index contributed by atoms with van der Waals surface area (Å²) in [6.45, 7) is 9.96. The number of aromatic amines is 2. The molecule has 2 atom stereocenters. The van der Waals surface area contributed by atoms with Crippen LogP contribution in [0.2, 0.25) is 0 Å². The first-order chi connectivity index (χ1) is 15.1. The van der Waals surface area contributed by atoms with E-state index in [2.05, 4.69) is 46.1 Å². The Morgan fingerprint density at radius 3 is 2.59 bits per heavy atom. The molecule has 166 valence electrons. The number of nitrogens with zero attached hydrogens (tertiary/aromatic N) is 2. The van der Waals surface area contributed by atoms with Gasteiger partial charge in [-0.2, -0.15) is 5.26 Å². The second-order valence-electron chi connectivity index (χ2n) is 9.07. The molecular formula is C24H27N5OS2. The highest BCUT2D eigenvalue weighted by Crippen LogP contribution is 2.41. The normalized spacial score (nSPS) is 15.0. The van der Waals surface area contributed by atoms with Crippen molar-refractivity contribution in [2.75, 3.05) is 6.26 Å². The average Bonchev–Trinajstić information content (AvgIpc) is 3.39. The number of thioether (sulfide) groups is 1. The van der Waals surface area contributed by atoms with E-state index in [-0.39, 0.29) is 0 Å². The maximum atomic E-state index is 13.4. The van der Waals surface area contributed by atoms with Crippen LogP contribution in [0.5, 0.6) is 0 Å². The monoisotopic (exact) mass is 465 g/mol. The molecule has 8 heteroatoms. The topological polar surface area (TPSA) is 97.4 Å². The number of imidazole rings is 1. The third kappa shape index (κ3) is 3.75. The highest BCUT2D eigenvalue weighted by atomic mass is 32.2. The first-order valence-electron chi connectivity index (χ1n) is 10.3. The van der Waals surface area contributed by atoms with Gasteiger partial charge in [-0.3, -0.25) is 0 Å². The second kappa shape index (κ2) is 8.07. The summed E-state index contributed by atoms with van der Waals surface area (Å²) in [7, 11) is -1.36. The molecule has 0 saturated carbocycles. The van der Waals surface area contributed by atoms with Gasteiger partial charge in [0.25, 0.3) is 0 Å². The third-order valence-electron chi connectivity index (χ3n) is 5.66. The van der Waals surface area contributed by atoms with E-state index in [1.54, 1.807) is 23.9 Å². The third-order valence-corrected chi connectivity index (χ3v) is 8.13. The fourth-order valence-corrected chi connectivity index (χ4v) is 5.62. The fraction of sp³-hybridized carbons (Fsp3) is 0.333. The van der Waals surface area contributed by atoms with Gasteiger partial charge >= 0.3 is 0 Å². The van der Waals surface area contributed by atoms with Gasteiger partial charge in [-0.1, -0.05) is 0 Å². The van der Waals surface area contributed by atoms with Gasteiger partial charge in [0, 0.05) is 27.6 Å². The summed E-state index contributed by atoms with van der Waals surface area (Å²) in [4.78, 5) is 12.7. The Kier molecular flexibility index (Phi) is 5.70. The average molecular weight is 466 g/mol. The minimum absolute atomic E-state index is 0.470. The van der Waals surface area contributed by atoms with Gasteiger partial charge in [-0.05, 0) is 76.8 Å². The molecule has 4 rings (SSSR count). The predicted octanol–water partition coefficient (Wildman–Crippen LogP) is 5.26. The number of nitrogens with one attached hydrogen (secondary N) is 3. The number of hydrogen-bond donors (Lipinski definition) is 3. The summed E-state index contributed by atoms with van der Waals surface area (Å²) in [5, 5.41) is 10.4. The van der Waals surface area contributed by atoms with E-state index in [1.807, 2.05) is 40.0 Å². The number of nitriles is 1. The van der Waals surface area contributed by atoms with Crippen LogP contribution in [0.15, 0.2) is 41.4 Å². The molecule has 3 N–H and O–H groups in total. The van der Waals surface area contributed by atoms with E-state index in [9.17, 15) is 9.47 Å². The van der Waals surface area contributed by atoms with Gasteiger partial charge in [0.1, 0.15) is 11.4 Å². The van der Waals surface area contributed by atoms with Crippen molar-refractivity contribution in [3.63, 3.8) is 0 Å². The van der Waals surface area contributed by atoms with Gasteiger partial charge in [0.15, 0.2) is 0 Å². The first kappa shape index (κ1) is 22.6. The van der Waals surface area contributed by atoms with Crippen LogP contribution in [-0.2, 0) is 16.5 Å². The van der Waals surface area contributed by atoms with Crippen LogP contribution < -0.4 is 4.72 Å². The summed E-state index contributed by atoms with van der Waals surface area (Å²) in [6, 6.07) is 11.8. The molecule has 0 aliphatic carbocycles. The van der Waals surface area contributed by atoms with Crippen molar-refractivity contribution < 1.29 is 4.21 Å². The Morgan fingerprint density at radius 1 is 1.19 bits per heavy atom. The molecule has 2 heterocycles. The van der Waals surface area contributed by atoms with Crippen molar-refractivity contribution in [1.29, 1.82) is 5.26 Å². The molecule has 0 aliphatic heterocycles. The lowest BCUT2D eigenvalue weighted by atomic mass is 9.88. The van der Waals surface area contributed by atoms with E-state index >= 15 is 0 Å². The van der Waals surface area contributed by atoms with Crippen LogP contribution in [-0.4, -0.2) is 30.2 Å². The smallest absolute Gasteiger partial charge is 0.132 e. The van der Waals surface area contributed by atoms with Crippen LogP contribution in [0.1, 0.15) is 50.2 Å². The number of rotatable bonds is 5. The number of aryl methyl sites for hydroxylation is 1. The zero-order valence-corrected chi connectivity index (χ0v) is 20.7. The van der Waals surface area contributed by atoms with Crippen molar-refractivity contribution in [2.24, 2.45) is 0 Å². The Balaban J connectivity index is 2.03. The first-order valence-corrected chi connectivity index (χ1v) is 12.7. The summed E-state index contributed by atoms with van der Waals surface area (Å²) >= 11 is 1.66. The van der Waals surface area contributed by atoms with Gasteiger partial charge in [-0.25, -0.2) is 13.9 Å². The van der Waals surface area contributed by atoms with Gasteiger partial charge in [0.2, 0.25) is 0 Å². The zero-order chi connectivity index (χ0) is 23.3. The van der Waals surface area contributed by atoms with Crippen LogP contribution in [0, 0.1) is 18.3 Å². The van der Waals surface area contributed by atoms with Crippen molar-refractivity contribution in [1.82, 2.24) is 19.7 Å². The van der Waals surface area contributed by atoms with Crippen molar-refractivity contribution in [2.45, 2.75) is 49.8 Å². The lowest BCUT2D eigenvalue weighted by Gasteiger charge is -2.34. The van der Waals surface area contributed by atoms with Crippen molar-refractivity contribution >= 4 is 44.7 Å². The molecule has 0 saturated heterocycles. The highest BCUT2D eigenvalue weighted by Gasteiger charge is 2.40. The molecule has 0 amide bonds. The lowest BCUT2D eigenvalue weighted by molar-refractivity contribution is 0.496. The predicted molar refractivity (Wildman–Crippen MR) is 133 cm³/mol. The molecule has 32 heavy (non-hydrogen) atoms. The second-order valence-corrected chi connectivity index (χ2v) is 11.9. The molecule has 2 aromatic carbocycles. The minimum atomic E-state index is -1.36. The summed E-state index contributed by atoms with van der Waals surface area (Å²) in [6.07, 6.45) is 3.99. The molecule has 2 unspecified atom stereocenters. The Hall–Kier alpha value is -2.60. The summed E-state index contributed by atoms with van der Waals surface area (Å²) in [5.41, 5.74) is 4.44. The van der Waals surface area contributed by atoms with Crippen LogP contribution in [0.4, 0.5) is 0 Å². The lowest BCUT2D eigenvalue weighted by Crippen LogP contribution is -2.48. The quantitative estimate of drug-likeness (QED) is 0.350. The van der Waals surface area contributed by atoms with Crippen LogP contribution >= 0.6 is 11.8 Å². The summed E-state index contributed by atoms with van der Waals surface area (Å²) < 4.78 is 16.3. The Morgan fingerprint density at radius 2 is 1.94 bits per heavy atom. The van der Waals surface area contributed by atoms with E-state index in [4.69, 9.17) is 4.98 Å². The Bertz CT molecular complexity index is 1390. The van der Waals surface area contributed by atoms with Crippen molar-refractivity contribution in [3.8, 4) is 6.07 Å². The van der Waals surface area contributed by atoms with Crippen LogP contribution in [0.3, 0.4) is 0 Å². The zero-order valence-electron chi connectivity index (χ0n) is 19.1. The fourth-order valence-electron chi connectivity index (χ4n) is 3.93. The molecule has 0 fully saturated rings. The summed E-state index contributed by atoms with van der Waals surface area (Å²) in [5.74, 6) is 0.654. The molecule has 0 aliphatic rings. The maximum absolute atomic E-state index is 13.4. The number of fused-ring (bicyclic) bond motifs is 2. The van der Waals surface area contributed by atoms with Gasteiger partial charge in [0.05, 0.1) is 38.4 Å². The maximum Gasteiger partial charge on any atom is 0.132 e. The molecule has 0 radical (unpaired) electrons. The highest BCUT2D eigenvalue weighted by molar-refractivity contribution is 7.98. The molecule has 0 bridgehead atoms. The largest absolute Gasteiger partial charge is 0.361 e. The van der Waals surface area contributed by atoms with E-state index in [0.717, 1.165) is 38.0 Å². The number of hydrogen-bond acceptors (Lipinski definition) is 4. The van der Waals surface area contributed by atoms with E-state index < -0.39 is 21.3 Å². The van der Waals surface area contributed by atoms with Crippen molar-refractivity contribution in [3.05, 3.63) is 59.0 Å². The molecule has 2 aromatic heterocycles. The number of H-pyrrole nitrogens is 2. The SMILES string of the molecule is CSc1cc(C)c2[nH]ccc2c1C(C)(NS(=O)C(C)(C)C)c1nc2ccc(C#N)cc2[nH]1. The minimum Gasteiger partial charge on any atom is -0.361 e. The van der Waals surface area contributed by atoms with Gasteiger partial charge < -0.3 is 9.97 Å².